The van der Waals surface area contributed by atoms with E-state index in [1.807, 2.05) is 12.1 Å². The first kappa shape index (κ1) is 10.3. The van der Waals surface area contributed by atoms with Crippen molar-refractivity contribution in [1.82, 2.24) is 0 Å². The minimum Gasteiger partial charge on any atom is -0.399 e. The van der Waals surface area contributed by atoms with E-state index in [0.29, 0.717) is 6.04 Å². The van der Waals surface area contributed by atoms with Crippen LogP contribution in [0.2, 0.25) is 0 Å². The minimum atomic E-state index is 0.712. The fourth-order valence-electron chi connectivity index (χ4n) is 1.76. The highest BCUT2D eigenvalue weighted by Crippen LogP contribution is 2.31. The molecule has 82 valence electrons. The van der Waals surface area contributed by atoms with Gasteiger partial charge in [-0.15, -0.1) is 0 Å². The summed E-state index contributed by atoms with van der Waals surface area (Å²) in [6, 6.07) is 8.80. The Morgan fingerprint density at radius 3 is 2.53 bits per heavy atom. The fraction of sp³-hybridized carbons (Fsp3) is 0.500. The average Bonchev–Trinajstić information content (AvgIpc) is 3.05. The predicted molar refractivity (Wildman–Crippen MR) is 63.1 cm³/mol. The fourth-order valence-corrected chi connectivity index (χ4v) is 1.76. The van der Waals surface area contributed by atoms with Gasteiger partial charge in [0.2, 0.25) is 0 Å². The van der Waals surface area contributed by atoms with Crippen LogP contribution in [0.3, 0.4) is 0 Å². The first-order valence-corrected chi connectivity index (χ1v) is 5.42. The van der Waals surface area contributed by atoms with Gasteiger partial charge in [0.15, 0.2) is 0 Å². The molecule has 2 N–H and O–H groups in total. The maximum absolute atomic E-state index is 5.68. The summed E-state index contributed by atoms with van der Waals surface area (Å²) < 4.78 is 5.13. The number of nitrogen functional groups attached to an aromatic ring is 1. The Labute approximate surface area is 90.8 Å². The van der Waals surface area contributed by atoms with Crippen molar-refractivity contribution in [1.29, 1.82) is 0 Å². The van der Waals surface area contributed by atoms with Crippen LogP contribution in [0.1, 0.15) is 12.8 Å². The number of nitrogens with two attached hydrogens (primary N) is 1. The third-order valence-corrected chi connectivity index (χ3v) is 2.75. The lowest BCUT2D eigenvalue weighted by atomic mass is 10.2. The van der Waals surface area contributed by atoms with Crippen LogP contribution in [-0.4, -0.2) is 26.3 Å². The summed E-state index contributed by atoms with van der Waals surface area (Å²) in [7, 11) is 1.74. The molecule has 3 heteroatoms. The summed E-state index contributed by atoms with van der Waals surface area (Å²) in [5, 5.41) is 0. The van der Waals surface area contributed by atoms with Crippen LogP contribution in [0.25, 0.3) is 0 Å². The van der Waals surface area contributed by atoms with Gasteiger partial charge in [-0.1, -0.05) is 0 Å². The standard InChI is InChI=1S/C12H18N2O/c1-15-9-8-14(12-6-7-12)11-4-2-10(13)3-5-11/h2-5,12H,6-9,13H2,1H3. The van der Waals surface area contributed by atoms with E-state index in [4.69, 9.17) is 10.5 Å². The Hall–Kier alpha value is -1.22. The normalized spacial score (nSPS) is 15.3. The smallest absolute Gasteiger partial charge is 0.0637 e. The van der Waals surface area contributed by atoms with Crippen LogP contribution in [0.5, 0.6) is 0 Å². The predicted octanol–water partition coefficient (Wildman–Crippen LogP) is 1.88. The molecular formula is C12H18N2O. The second-order valence-corrected chi connectivity index (χ2v) is 4.01. The van der Waals surface area contributed by atoms with Crippen molar-refractivity contribution in [3.05, 3.63) is 24.3 Å². The molecule has 3 nitrogen and oxygen atoms in total. The molecule has 1 fully saturated rings. The molecule has 0 atom stereocenters. The molecule has 0 heterocycles. The Morgan fingerprint density at radius 1 is 1.33 bits per heavy atom. The van der Waals surface area contributed by atoms with Crippen molar-refractivity contribution in [2.24, 2.45) is 0 Å². The van der Waals surface area contributed by atoms with E-state index >= 15 is 0 Å². The van der Waals surface area contributed by atoms with Crippen molar-refractivity contribution in [2.75, 3.05) is 30.9 Å². The van der Waals surface area contributed by atoms with Gasteiger partial charge < -0.3 is 15.4 Å². The topological polar surface area (TPSA) is 38.5 Å². The highest BCUT2D eigenvalue weighted by Gasteiger charge is 2.28. The second kappa shape index (κ2) is 4.53. The Morgan fingerprint density at radius 2 is 2.00 bits per heavy atom. The van der Waals surface area contributed by atoms with Gasteiger partial charge in [0.25, 0.3) is 0 Å². The molecule has 2 rings (SSSR count). The monoisotopic (exact) mass is 206 g/mol. The summed E-state index contributed by atoms with van der Waals surface area (Å²) in [6.07, 6.45) is 2.60. The number of nitrogens with zero attached hydrogens (tertiary/aromatic N) is 1. The molecule has 15 heavy (non-hydrogen) atoms. The van der Waals surface area contributed by atoms with E-state index in [9.17, 15) is 0 Å². The van der Waals surface area contributed by atoms with E-state index < -0.39 is 0 Å². The molecule has 0 spiro atoms. The largest absolute Gasteiger partial charge is 0.399 e. The van der Waals surface area contributed by atoms with Crippen molar-refractivity contribution < 1.29 is 4.74 Å². The highest BCUT2D eigenvalue weighted by molar-refractivity contribution is 5.54. The van der Waals surface area contributed by atoms with E-state index in [1.54, 1.807) is 7.11 Å². The summed E-state index contributed by atoms with van der Waals surface area (Å²) in [6.45, 7) is 1.74. The third kappa shape index (κ3) is 2.63. The summed E-state index contributed by atoms with van der Waals surface area (Å²) in [4.78, 5) is 2.41. The number of hydrogen-bond acceptors (Lipinski definition) is 3. The molecule has 0 aromatic heterocycles. The average molecular weight is 206 g/mol. The van der Waals surface area contributed by atoms with Crippen molar-refractivity contribution >= 4 is 11.4 Å². The van der Waals surface area contributed by atoms with Gasteiger partial charge >= 0.3 is 0 Å². The number of methoxy groups -OCH3 is 1. The number of ether oxygens (including phenoxy) is 1. The molecular weight excluding hydrogens is 188 g/mol. The zero-order valence-corrected chi connectivity index (χ0v) is 9.15. The van der Waals surface area contributed by atoms with Gasteiger partial charge in [-0.05, 0) is 37.1 Å². The van der Waals surface area contributed by atoms with Crippen molar-refractivity contribution in [3.8, 4) is 0 Å². The number of benzene rings is 1. The molecule has 0 aliphatic heterocycles. The number of anilines is 2. The van der Waals surface area contributed by atoms with Crippen LogP contribution in [-0.2, 0) is 4.74 Å². The lowest BCUT2D eigenvalue weighted by Gasteiger charge is -2.24. The SMILES string of the molecule is COCCN(c1ccc(N)cc1)C1CC1. The zero-order chi connectivity index (χ0) is 10.7. The van der Waals surface area contributed by atoms with Gasteiger partial charge in [-0.25, -0.2) is 0 Å². The van der Waals surface area contributed by atoms with E-state index in [-0.39, 0.29) is 0 Å². The highest BCUT2D eigenvalue weighted by atomic mass is 16.5. The van der Waals surface area contributed by atoms with Crippen LogP contribution in [0.15, 0.2) is 24.3 Å². The maximum atomic E-state index is 5.68. The van der Waals surface area contributed by atoms with E-state index in [0.717, 1.165) is 18.8 Å². The summed E-state index contributed by atoms with van der Waals surface area (Å²) in [5.41, 5.74) is 7.75. The quantitative estimate of drug-likeness (QED) is 0.748. The van der Waals surface area contributed by atoms with Crippen LogP contribution in [0.4, 0.5) is 11.4 Å². The molecule has 0 unspecified atom stereocenters. The molecule has 1 saturated carbocycles. The van der Waals surface area contributed by atoms with E-state index in [1.165, 1.54) is 18.5 Å². The molecule has 1 aliphatic carbocycles. The molecule has 1 aliphatic rings. The lowest BCUT2D eigenvalue weighted by Crippen LogP contribution is -2.29. The number of rotatable bonds is 5. The molecule has 1 aromatic carbocycles. The van der Waals surface area contributed by atoms with Gasteiger partial charge in [-0.2, -0.15) is 0 Å². The first-order valence-electron chi connectivity index (χ1n) is 5.42. The maximum Gasteiger partial charge on any atom is 0.0637 e. The van der Waals surface area contributed by atoms with Crippen LogP contribution >= 0.6 is 0 Å². The Bertz CT molecular complexity index is 306. The number of hydrogen-bond donors (Lipinski definition) is 1. The first-order chi connectivity index (χ1) is 7.31. The minimum absolute atomic E-state index is 0.712. The zero-order valence-electron chi connectivity index (χ0n) is 9.15. The molecule has 0 bridgehead atoms. The molecule has 0 radical (unpaired) electrons. The van der Waals surface area contributed by atoms with Gasteiger partial charge in [0.1, 0.15) is 0 Å². The third-order valence-electron chi connectivity index (χ3n) is 2.75. The van der Waals surface area contributed by atoms with Crippen LogP contribution in [0, 0.1) is 0 Å². The molecule has 0 amide bonds. The van der Waals surface area contributed by atoms with Crippen molar-refractivity contribution in [2.45, 2.75) is 18.9 Å². The Kier molecular flexibility index (Phi) is 3.11. The van der Waals surface area contributed by atoms with E-state index in [2.05, 4.69) is 17.0 Å². The van der Waals surface area contributed by atoms with Gasteiger partial charge in [0.05, 0.1) is 6.61 Å². The molecule has 1 aromatic rings. The second-order valence-electron chi connectivity index (χ2n) is 4.01. The van der Waals surface area contributed by atoms with Crippen molar-refractivity contribution in [3.63, 3.8) is 0 Å². The van der Waals surface area contributed by atoms with Gasteiger partial charge in [-0.3, -0.25) is 0 Å². The van der Waals surface area contributed by atoms with Crippen LogP contribution < -0.4 is 10.6 Å². The summed E-state index contributed by atoms with van der Waals surface area (Å²) >= 11 is 0. The molecule has 0 saturated heterocycles. The Balaban J connectivity index is 2.06. The van der Waals surface area contributed by atoms with Gasteiger partial charge in [0, 0.05) is 31.1 Å². The summed E-state index contributed by atoms with van der Waals surface area (Å²) in [5.74, 6) is 0. The lowest BCUT2D eigenvalue weighted by molar-refractivity contribution is 0.205.